The topological polar surface area (TPSA) is 197 Å². The van der Waals surface area contributed by atoms with E-state index in [0.29, 0.717) is 44.7 Å². The third kappa shape index (κ3) is 14.2. The maximum absolute atomic E-state index is 14.5. The number of carboxylic acid groups (broad SMARTS) is 1. The smallest absolute Gasteiger partial charge is 0.303 e. The molecule has 0 spiro atoms. The van der Waals surface area contributed by atoms with E-state index in [2.05, 4.69) is 20.8 Å². The molecule has 4 rings (SSSR count). The summed E-state index contributed by atoms with van der Waals surface area (Å²) in [6, 6.07) is 16.2. The lowest BCUT2D eigenvalue weighted by Gasteiger charge is -2.41. The van der Waals surface area contributed by atoms with Gasteiger partial charge in [-0.1, -0.05) is 103 Å². The van der Waals surface area contributed by atoms with Crippen LogP contribution in [0.15, 0.2) is 65.1 Å². The average molecular weight is 918 g/mol. The highest BCUT2D eigenvalue weighted by atomic mass is 16.5. The summed E-state index contributed by atoms with van der Waals surface area (Å²) >= 11 is 0. The number of aliphatic carboxylic acids is 1. The molecule has 16 nitrogen and oxygen atoms in total. The number of methoxy groups -OCH3 is 2. The summed E-state index contributed by atoms with van der Waals surface area (Å²) in [5.74, 6) is -2.48. The van der Waals surface area contributed by atoms with Gasteiger partial charge in [0.05, 0.1) is 42.7 Å². The summed E-state index contributed by atoms with van der Waals surface area (Å²) in [6.07, 6.45) is 1.48. The van der Waals surface area contributed by atoms with Crippen LogP contribution >= 0.6 is 0 Å². The van der Waals surface area contributed by atoms with E-state index in [4.69, 9.17) is 19.0 Å². The Labute approximate surface area is 391 Å². The number of carboxylic acids is 1. The number of amides is 4. The van der Waals surface area contributed by atoms with Crippen LogP contribution in [0.2, 0.25) is 0 Å². The SMILES string of the molecule is CC[C@H](C)[C@@H]([C@@H](CC(=O)N1CCC[C@H]1[C@H](OC)[C@@H](C)C(=O)N[C@H](Cc1ccccc1)c1nnc(-c2ccccc2)o1)OC)N(C)C(=O)[C@@H](NC(=O)[C@H](C(C)C)N(C)CCCC(=O)O)C(C)C. The van der Waals surface area contributed by atoms with Crippen molar-refractivity contribution in [1.82, 2.24) is 35.5 Å². The van der Waals surface area contributed by atoms with Gasteiger partial charge in [0.25, 0.3) is 0 Å². The molecule has 0 bridgehead atoms. The van der Waals surface area contributed by atoms with Gasteiger partial charge in [-0.2, -0.15) is 0 Å². The van der Waals surface area contributed by atoms with Crippen LogP contribution in [0.1, 0.15) is 104 Å². The van der Waals surface area contributed by atoms with Crippen molar-refractivity contribution in [2.75, 3.05) is 41.4 Å². The van der Waals surface area contributed by atoms with Gasteiger partial charge in [0.2, 0.25) is 35.4 Å². The van der Waals surface area contributed by atoms with Gasteiger partial charge >= 0.3 is 5.97 Å². The van der Waals surface area contributed by atoms with Crippen LogP contribution in [-0.4, -0.2) is 137 Å². The summed E-state index contributed by atoms with van der Waals surface area (Å²) in [5, 5.41) is 24.0. The number of ether oxygens (including phenoxy) is 2. The number of nitrogens with zero attached hydrogens (tertiary/aromatic N) is 5. The summed E-state index contributed by atoms with van der Waals surface area (Å²) in [5.41, 5.74) is 1.74. The molecular formula is C50H75N7O9. The van der Waals surface area contributed by atoms with E-state index in [1.165, 1.54) is 0 Å². The van der Waals surface area contributed by atoms with Gasteiger partial charge in [-0.05, 0) is 68.3 Å². The average Bonchev–Trinajstić information content (AvgIpc) is 3.99. The highest BCUT2D eigenvalue weighted by Crippen LogP contribution is 2.31. The Kier molecular flexibility index (Phi) is 20.8. The molecule has 3 N–H and O–H groups in total. The number of likely N-dealkylation sites (N-methyl/N-ethyl adjacent to an activating group) is 2. The Morgan fingerprint density at radius 3 is 2.11 bits per heavy atom. The molecule has 0 aliphatic carbocycles. The Balaban J connectivity index is 1.50. The van der Waals surface area contributed by atoms with Gasteiger partial charge in [0.15, 0.2) is 0 Å². The fourth-order valence-corrected chi connectivity index (χ4v) is 9.33. The van der Waals surface area contributed by atoms with Crippen LogP contribution < -0.4 is 10.6 Å². The second kappa shape index (κ2) is 25.6. The van der Waals surface area contributed by atoms with E-state index in [-0.39, 0.29) is 60.1 Å². The molecule has 9 atom stereocenters. The van der Waals surface area contributed by atoms with Crippen molar-refractivity contribution >= 4 is 29.6 Å². The number of likely N-dealkylation sites (tertiary alicyclic amines) is 1. The predicted octanol–water partition coefficient (Wildman–Crippen LogP) is 6.02. The summed E-state index contributed by atoms with van der Waals surface area (Å²) in [4.78, 5) is 73.6. The third-order valence-electron chi connectivity index (χ3n) is 13.1. The molecule has 1 fully saturated rings. The number of carbonyl (C=O) groups excluding carboxylic acids is 4. The molecular weight excluding hydrogens is 843 g/mol. The Morgan fingerprint density at radius 2 is 1.53 bits per heavy atom. The lowest BCUT2D eigenvalue weighted by molar-refractivity contribution is -0.148. The second-order valence-corrected chi connectivity index (χ2v) is 18.5. The van der Waals surface area contributed by atoms with E-state index in [0.717, 1.165) is 17.5 Å². The van der Waals surface area contributed by atoms with Crippen LogP contribution in [-0.2, 0) is 39.9 Å². The highest BCUT2D eigenvalue weighted by Gasteiger charge is 2.43. The number of carbonyl (C=O) groups is 5. The lowest BCUT2D eigenvalue weighted by Crippen LogP contribution is -2.60. The van der Waals surface area contributed by atoms with Gasteiger partial charge in [-0.3, -0.25) is 28.9 Å². The zero-order valence-corrected chi connectivity index (χ0v) is 40.9. The fraction of sp³-hybridized carbons (Fsp3) is 0.620. The van der Waals surface area contributed by atoms with Crippen LogP contribution in [0.4, 0.5) is 0 Å². The number of aromatic nitrogens is 2. The second-order valence-electron chi connectivity index (χ2n) is 18.5. The number of rotatable bonds is 26. The van der Waals surface area contributed by atoms with Crippen LogP contribution in [0.25, 0.3) is 11.5 Å². The predicted molar refractivity (Wildman–Crippen MR) is 252 cm³/mol. The monoisotopic (exact) mass is 918 g/mol. The molecule has 2 heterocycles. The summed E-state index contributed by atoms with van der Waals surface area (Å²) < 4.78 is 18.3. The van der Waals surface area contributed by atoms with E-state index < -0.39 is 54.3 Å². The van der Waals surface area contributed by atoms with Gasteiger partial charge in [0, 0.05) is 46.2 Å². The zero-order chi connectivity index (χ0) is 48.7. The molecule has 16 heteroatoms. The Morgan fingerprint density at radius 1 is 0.879 bits per heavy atom. The molecule has 0 radical (unpaired) electrons. The van der Waals surface area contributed by atoms with Crippen LogP contribution in [0.5, 0.6) is 0 Å². The molecule has 1 saturated heterocycles. The third-order valence-corrected chi connectivity index (χ3v) is 13.1. The number of hydrogen-bond donors (Lipinski definition) is 3. The minimum absolute atomic E-state index is 0.00721. The summed E-state index contributed by atoms with van der Waals surface area (Å²) in [6.45, 7) is 14.3. The van der Waals surface area contributed by atoms with Crippen molar-refractivity contribution in [3.8, 4) is 11.5 Å². The van der Waals surface area contributed by atoms with E-state index in [1.807, 2.05) is 107 Å². The molecule has 1 aromatic heterocycles. The number of benzene rings is 2. The molecule has 1 aliphatic heterocycles. The van der Waals surface area contributed by atoms with Crippen LogP contribution in [0.3, 0.4) is 0 Å². The van der Waals surface area contributed by atoms with Crippen molar-refractivity contribution in [1.29, 1.82) is 0 Å². The van der Waals surface area contributed by atoms with Gasteiger partial charge in [-0.15, -0.1) is 10.2 Å². The van der Waals surface area contributed by atoms with E-state index >= 15 is 0 Å². The minimum Gasteiger partial charge on any atom is -0.481 e. The first-order valence-corrected chi connectivity index (χ1v) is 23.5. The molecule has 0 saturated carbocycles. The lowest BCUT2D eigenvalue weighted by atomic mass is 9.89. The van der Waals surface area contributed by atoms with E-state index in [9.17, 15) is 24.0 Å². The van der Waals surface area contributed by atoms with Gasteiger partial charge < -0.3 is 39.4 Å². The van der Waals surface area contributed by atoms with Crippen molar-refractivity contribution in [2.45, 2.75) is 136 Å². The normalized spacial score (nSPS) is 17.7. The molecule has 0 unspecified atom stereocenters. The fourth-order valence-electron chi connectivity index (χ4n) is 9.33. The van der Waals surface area contributed by atoms with E-state index in [1.54, 1.807) is 45.0 Å². The quantitative estimate of drug-likeness (QED) is 0.0849. The van der Waals surface area contributed by atoms with Gasteiger partial charge in [-0.25, -0.2) is 0 Å². The van der Waals surface area contributed by atoms with Crippen molar-refractivity contribution in [3.05, 3.63) is 72.1 Å². The van der Waals surface area contributed by atoms with Crippen LogP contribution in [0, 0.1) is 23.7 Å². The molecule has 1 aliphatic rings. The standard InChI is InChI=1S/C50H75N7O9/c1-12-33(6)44(56(9)50(63)42(31(2)3)52-47(62)43(32(4)5)55(8)27-20-26-41(59)60)39(64-10)30-40(58)57-28-19-25-38(57)45(65-11)34(7)46(61)51-37(29-35-21-15-13-16-22-35)49-54-53-48(66-49)36-23-17-14-18-24-36/h13-18,21-24,31-34,37-39,42-45H,12,19-20,25-30H2,1-11H3,(H,51,61)(H,52,62)(H,59,60)/t33-,34+,37+,38-,39+,42-,43-,44-,45+/m0/s1. The Hall–Kier alpha value is -5.19. The minimum atomic E-state index is -0.895. The molecule has 66 heavy (non-hydrogen) atoms. The zero-order valence-electron chi connectivity index (χ0n) is 40.9. The van der Waals surface area contributed by atoms with Crippen molar-refractivity contribution in [2.24, 2.45) is 23.7 Å². The molecule has 364 valence electrons. The largest absolute Gasteiger partial charge is 0.481 e. The first-order valence-electron chi connectivity index (χ1n) is 23.5. The highest BCUT2D eigenvalue weighted by molar-refractivity contribution is 5.90. The number of hydrogen-bond acceptors (Lipinski definition) is 11. The number of nitrogens with one attached hydrogen (secondary N) is 2. The maximum atomic E-state index is 14.5. The summed E-state index contributed by atoms with van der Waals surface area (Å²) in [7, 11) is 6.60. The van der Waals surface area contributed by atoms with Crippen molar-refractivity contribution in [3.63, 3.8) is 0 Å². The first-order chi connectivity index (χ1) is 31.4. The first kappa shape index (κ1) is 53.4. The maximum Gasteiger partial charge on any atom is 0.303 e. The van der Waals surface area contributed by atoms with Gasteiger partial charge in [0.1, 0.15) is 12.1 Å². The molecule has 3 aromatic rings. The Bertz CT molecular complexity index is 2000. The van der Waals surface area contributed by atoms with Crippen molar-refractivity contribution < 1.29 is 43.0 Å². The molecule has 2 aromatic carbocycles. The molecule has 4 amide bonds.